The van der Waals surface area contributed by atoms with E-state index < -0.39 is 0 Å². The normalized spacial score (nSPS) is 12.6. The van der Waals surface area contributed by atoms with Gasteiger partial charge in [-0.3, -0.25) is 0 Å². The molecule has 1 heterocycles. The van der Waals surface area contributed by atoms with E-state index in [1.165, 1.54) is 89.9 Å². The summed E-state index contributed by atoms with van der Waals surface area (Å²) in [7, 11) is 0. The molecule has 0 amide bonds. The van der Waals surface area contributed by atoms with Crippen LogP contribution in [0.5, 0.6) is 0 Å². The fourth-order valence-corrected chi connectivity index (χ4v) is 3.94. The maximum Gasteiger partial charge on any atom is 0.225 e. The summed E-state index contributed by atoms with van der Waals surface area (Å²) in [5, 5.41) is 2.12. The van der Waals surface area contributed by atoms with Gasteiger partial charge < -0.3 is 4.74 Å². The fraction of sp³-hybridized carbons (Fsp3) is 0.864. The maximum atomic E-state index is 5.81. The van der Waals surface area contributed by atoms with Crippen molar-refractivity contribution in [1.29, 1.82) is 0 Å². The molecule has 0 saturated carbocycles. The highest BCUT2D eigenvalue weighted by molar-refractivity contribution is 7.07. The van der Waals surface area contributed by atoms with Crippen molar-refractivity contribution in [3.05, 3.63) is 17.1 Å². The van der Waals surface area contributed by atoms with E-state index in [9.17, 15) is 0 Å². The Hall–Kier alpha value is -0.410. The van der Waals surface area contributed by atoms with Crippen molar-refractivity contribution in [3.8, 4) is 0 Å². The minimum Gasteiger partial charge on any atom is -0.375 e. The topological polar surface area (TPSA) is 13.1 Å². The van der Waals surface area contributed by atoms with E-state index >= 15 is 0 Å². The van der Waals surface area contributed by atoms with Crippen LogP contribution in [0.1, 0.15) is 110 Å². The molecule has 0 fully saturated rings. The largest absolute Gasteiger partial charge is 0.375 e. The van der Waals surface area contributed by atoms with Crippen molar-refractivity contribution in [2.45, 2.75) is 110 Å². The Morgan fingerprint density at radius 1 is 0.800 bits per heavy atom. The van der Waals surface area contributed by atoms with Crippen LogP contribution in [-0.2, 0) is 4.74 Å². The van der Waals surface area contributed by atoms with Gasteiger partial charge in [-0.1, -0.05) is 102 Å². The Bertz CT molecular complexity index is 366. The predicted molar refractivity (Wildman–Crippen MR) is 110 cm³/mol. The van der Waals surface area contributed by atoms with Crippen molar-refractivity contribution in [1.82, 2.24) is 0 Å². The Labute approximate surface area is 161 Å². The van der Waals surface area contributed by atoms with E-state index in [0.29, 0.717) is 6.04 Å². The molecular weight excluding hydrogens is 326 g/mol. The summed E-state index contributed by atoms with van der Waals surface area (Å²) in [6.07, 6.45) is 21.9. The van der Waals surface area contributed by atoms with Crippen molar-refractivity contribution in [3.63, 3.8) is 0 Å². The molecule has 0 aliphatic rings. The molecule has 1 unspecified atom stereocenters. The lowest BCUT2D eigenvalue weighted by atomic mass is 10.0. The number of aromatic nitrogens is 1. The molecule has 0 saturated heterocycles. The third-order valence-electron chi connectivity index (χ3n) is 5.00. The monoisotopic (exact) mass is 368 g/mol. The Morgan fingerprint density at radius 2 is 1.32 bits per heavy atom. The average Bonchev–Trinajstić information content (AvgIpc) is 3.16. The highest BCUT2D eigenvalue weighted by Gasteiger charge is 2.11. The van der Waals surface area contributed by atoms with E-state index in [1.807, 2.05) is 0 Å². The number of rotatable bonds is 18. The van der Waals surface area contributed by atoms with Gasteiger partial charge in [0.15, 0.2) is 12.2 Å². The summed E-state index contributed by atoms with van der Waals surface area (Å²) < 4.78 is 8.04. The van der Waals surface area contributed by atoms with Gasteiger partial charge in [0.2, 0.25) is 5.51 Å². The molecule has 25 heavy (non-hydrogen) atoms. The quantitative estimate of drug-likeness (QED) is 0.199. The standard InChI is InChI=1S/C22H42NOS/c1-3-4-5-6-7-8-9-10-11-12-13-14-15-16-18-24-20-22(2)23-17-19-25-21-23/h17,19,21-22H,3-16,18,20H2,1-2H3/q+1. The molecule has 0 spiro atoms. The van der Waals surface area contributed by atoms with Crippen molar-refractivity contribution in [2.75, 3.05) is 13.2 Å². The first-order chi connectivity index (χ1) is 12.3. The minimum atomic E-state index is 0.456. The molecule has 0 aromatic carbocycles. The fourth-order valence-electron chi connectivity index (χ4n) is 3.24. The van der Waals surface area contributed by atoms with Gasteiger partial charge in [0, 0.05) is 13.5 Å². The molecule has 0 N–H and O–H groups in total. The first-order valence-electron chi connectivity index (χ1n) is 10.8. The molecule has 0 aliphatic carbocycles. The van der Waals surface area contributed by atoms with E-state index in [-0.39, 0.29) is 0 Å². The summed E-state index contributed by atoms with van der Waals surface area (Å²) in [6.45, 7) is 6.27. The molecule has 146 valence electrons. The van der Waals surface area contributed by atoms with Gasteiger partial charge in [-0.25, -0.2) is 0 Å². The van der Waals surface area contributed by atoms with E-state index in [4.69, 9.17) is 4.74 Å². The molecule has 0 aliphatic heterocycles. The smallest absolute Gasteiger partial charge is 0.225 e. The summed E-state index contributed by atoms with van der Waals surface area (Å²) in [6, 6.07) is 0.456. The van der Waals surface area contributed by atoms with Gasteiger partial charge in [-0.15, -0.1) is 0 Å². The zero-order valence-electron chi connectivity index (χ0n) is 16.9. The number of nitrogens with zero attached hydrogens (tertiary/aromatic N) is 1. The molecule has 2 nitrogen and oxygen atoms in total. The van der Waals surface area contributed by atoms with Gasteiger partial charge in [0.25, 0.3) is 0 Å². The Morgan fingerprint density at radius 3 is 1.80 bits per heavy atom. The number of ether oxygens (including phenoxy) is 1. The van der Waals surface area contributed by atoms with Gasteiger partial charge >= 0.3 is 0 Å². The maximum absolute atomic E-state index is 5.81. The number of hydrogen-bond donors (Lipinski definition) is 0. The lowest BCUT2D eigenvalue weighted by molar-refractivity contribution is -0.717. The van der Waals surface area contributed by atoms with Crippen molar-refractivity contribution >= 4 is 11.3 Å². The van der Waals surface area contributed by atoms with Gasteiger partial charge in [-0.05, 0) is 6.42 Å². The second-order valence-corrected chi connectivity index (χ2v) is 8.25. The molecule has 1 aromatic heterocycles. The van der Waals surface area contributed by atoms with Crippen LogP contribution in [0, 0.1) is 0 Å². The first kappa shape index (κ1) is 22.6. The van der Waals surface area contributed by atoms with Crippen LogP contribution < -0.4 is 4.57 Å². The van der Waals surface area contributed by atoms with Gasteiger partial charge in [-0.2, -0.15) is 4.57 Å². The van der Waals surface area contributed by atoms with E-state index in [1.54, 1.807) is 11.3 Å². The summed E-state index contributed by atoms with van der Waals surface area (Å²) >= 11 is 1.74. The molecular formula is C22H42NOS+. The molecule has 1 aromatic rings. The third kappa shape index (κ3) is 13.5. The van der Waals surface area contributed by atoms with Gasteiger partial charge in [0.1, 0.15) is 6.61 Å². The Balaban J connectivity index is 1.72. The predicted octanol–water partition coefficient (Wildman–Crippen LogP) is 7.09. The highest BCUT2D eigenvalue weighted by atomic mass is 32.1. The van der Waals surface area contributed by atoms with Crippen LogP contribution in [0.15, 0.2) is 17.1 Å². The Kier molecular flexibility index (Phi) is 15.4. The molecule has 1 rings (SSSR count). The van der Waals surface area contributed by atoms with Crippen LogP contribution in [0.3, 0.4) is 0 Å². The second kappa shape index (κ2) is 17.0. The average molecular weight is 369 g/mol. The number of thiazole rings is 1. The van der Waals surface area contributed by atoms with Crippen LogP contribution >= 0.6 is 11.3 Å². The van der Waals surface area contributed by atoms with Crippen LogP contribution in [0.4, 0.5) is 0 Å². The summed E-state index contributed by atoms with van der Waals surface area (Å²) in [4.78, 5) is 0. The van der Waals surface area contributed by atoms with Crippen LogP contribution in [0.25, 0.3) is 0 Å². The van der Waals surface area contributed by atoms with Crippen LogP contribution in [0.2, 0.25) is 0 Å². The molecule has 0 bridgehead atoms. The van der Waals surface area contributed by atoms with Gasteiger partial charge in [0.05, 0.1) is 5.38 Å². The van der Waals surface area contributed by atoms with E-state index in [2.05, 4.69) is 35.5 Å². The highest BCUT2D eigenvalue weighted by Crippen LogP contribution is 2.13. The second-order valence-electron chi connectivity index (χ2n) is 7.49. The van der Waals surface area contributed by atoms with Crippen molar-refractivity contribution in [2.24, 2.45) is 0 Å². The lowest BCUT2D eigenvalue weighted by Crippen LogP contribution is -2.37. The molecule has 3 heteroatoms. The number of unbranched alkanes of at least 4 members (excludes halogenated alkanes) is 13. The first-order valence-corrected chi connectivity index (χ1v) is 11.8. The summed E-state index contributed by atoms with van der Waals surface area (Å²) in [5.74, 6) is 0. The molecule has 0 radical (unpaired) electrons. The molecule has 1 atom stereocenters. The summed E-state index contributed by atoms with van der Waals surface area (Å²) in [5.41, 5.74) is 2.15. The van der Waals surface area contributed by atoms with Crippen molar-refractivity contribution < 1.29 is 9.30 Å². The zero-order chi connectivity index (χ0) is 18.0. The van der Waals surface area contributed by atoms with Crippen LogP contribution in [-0.4, -0.2) is 13.2 Å². The third-order valence-corrected chi connectivity index (χ3v) is 5.65. The van der Waals surface area contributed by atoms with E-state index in [0.717, 1.165) is 13.2 Å². The number of hydrogen-bond acceptors (Lipinski definition) is 2. The minimum absolute atomic E-state index is 0.456. The SMILES string of the molecule is CCCCCCCCCCCCCCCCOCC(C)[n+]1ccsc1. The lowest BCUT2D eigenvalue weighted by Gasteiger charge is -2.07. The zero-order valence-corrected chi connectivity index (χ0v) is 17.7.